The average Bonchev–Trinajstić information content (AvgIpc) is 2.46. The number of hydrogen-bond donors (Lipinski definition) is 0. The molecule has 0 radical (unpaired) electrons. The van der Waals surface area contributed by atoms with Gasteiger partial charge in [-0.15, -0.1) is 3.89 Å². The van der Waals surface area contributed by atoms with Crippen LogP contribution in [0.1, 0.15) is 11.1 Å². The Hall–Kier alpha value is -1.96. The Balaban J connectivity index is 2.36. The molecule has 0 aromatic heterocycles. The lowest BCUT2D eigenvalue weighted by Gasteiger charge is -2.02. The maximum absolute atomic E-state index is 13.1. The quantitative estimate of drug-likeness (QED) is 0.335. The third-order valence-electron chi connectivity index (χ3n) is 2.87. The average molecular weight is 376 g/mol. The number of halogens is 3. The van der Waals surface area contributed by atoms with Crippen molar-refractivity contribution in [2.24, 2.45) is 0 Å². The number of benzene rings is 2. The zero-order chi connectivity index (χ0) is 17.2. The Morgan fingerprint density at radius 1 is 1.04 bits per heavy atom. The topological polar surface area (TPSA) is 77.3 Å². The Morgan fingerprint density at radius 3 is 2.30 bits per heavy atom. The molecule has 0 atom stereocenters. The summed E-state index contributed by atoms with van der Waals surface area (Å²) < 4.78 is 35.0. The van der Waals surface area contributed by atoms with Crippen LogP contribution >= 0.6 is 23.2 Å². The van der Waals surface area contributed by atoms with Gasteiger partial charge in [0.15, 0.2) is 0 Å². The lowest BCUT2D eigenvalue weighted by molar-refractivity contribution is -0.384. The van der Waals surface area contributed by atoms with Crippen molar-refractivity contribution in [3.8, 4) is 0 Å². The van der Waals surface area contributed by atoms with Crippen molar-refractivity contribution in [3.05, 3.63) is 67.7 Å². The normalized spacial score (nSPS) is 11.8. The second-order valence-corrected chi connectivity index (χ2v) is 6.55. The molecule has 0 aliphatic rings. The van der Waals surface area contributed by atoms with Gasteiger partial charge in [-0.25, -0.2) is 0 Å². The minimum absolute atomic E-state index is 0.149. The first kappa shape index (κ1) is 17.4. The van der Waals surface area contributed by atoms with E-state index in [9.17, 15) is 22.4 Å². The van der Waals surface area contributed by atoms with E-state index in [2.05, 4.69) is 0 Å². The predicted octanol–water partition coefficient (Wildman–Crippen LogP) is 4.73. The van der Waals surface area contributed by atoms with E-state index >= 15 is 0 Å². The first-order valence-electron chi connectivity index (χ1n) is 6.05. The molecule has 2 aromatic carbocycles. The number of nitro groups is 1. The summed E-state index contributed by atoms with van der Waals surface area (Å²) in [6.45, 7) is 0. The van der Waals surface area contributed by atoms with Crippen LogP contribution in [0.25, 0.3) is 12.2 Å². The van der Waals surface area contributed by atoms with Gasteiger partial charge in [-0.3, -0.25) is 10.1 Å². The van der Waals surface area contributed by atoms with Crippen LogP contribution in [0, 0.1) is 10.1 Å². The molecule has 0 saturated carbocycles. The summed E-state index contributed by atoms with van der Waals surface area (Å²) in [5, 5.41) is 10.6. The molecule has 120 valence electrons. The van der Waals surface area contributed by atoms with E-state index < -0.39 is 20.0 Å². The first-order valence-corrected chi connectivity index (χ1v) is 8.18. The van der Waals surface area contributed by atoms with Gasteiger partial charge in [0.2, 0.25) is 0 Å². The second-order valence-electron chi connectivity index (χ2n) is 4.42. The monoisotopic (exact) mass is 375 g/mol. The highest BCUT2D eigenvalue weighted by atomic mass is 35.5. The number of hydrogen-bond acceptors (Lipinski definition) is 4. The van der Waals surface area contributed by atoms with E-state index in [1.165, 1.54) is 42.5 Å². The van der Waals surface area contributed by atoms with E-state index in [-0.39, 0.29) is 15.7 Å². The Kier molecular flexibility index (Phi) is 5.03. The van der Waals surface area contributed by atoms with Crippen molar-refractivity contribution in [3.63, 3.8) is 0 Å². The summed E-state index contributed by atoms with van der Waals surface area (Å²) in [6, 6.07) is 7.75. The van der Waals surface area contributed by atoms with E-state index in [1.54, 1.807) is 0 Å². The fourth-order valence-electron chi connectivity index (χ4n) is 1.76. The molecule has 0 saturated heterocycles. The van der Waals surface area contributed by atoms with E-state index in [1.807, 2.05) is 0 Å². The zero-order valence-electron chi connectivity index (χ0n) is 11.2. The van der Waals surface area contributed by atoms with Crippen molar-refractivity contribution in [2.45, 2.75) is 4.90 Å². The molecule has 0 amide bonds. The fourth-order valence-corrected chi connectivity index (χ4v) is 2.97. The molecule has 2 aromatic rings. The van der Waals surface area contributed by atoms with E-state index in [0.29, 0.717) is 11.1 Å². The predicted molar refractivity (Wildman–Crippen MR) is 86.8 cm³/mol. The molecule has 0 heterocycles. The van der Waals surface area contributed by atoms with Crippen LogP contribution in [0.2, 0.25) is 10.0 Å². The van der Waals surface area contributed by atoms with Crippen LogP contribution in [-0.2, 0) is 10.2 Å². The molecular weight excluding hydrogens is 368 g/mol. The molecule has 0 aliphatic carbocycles. The molecule has 0 bridgehead atoms. The molecule has 9 heteroatoms. The van der Waals surface area contributed by atoms with E-state index in [4.69, 9.17) is 23.2 Å². The minimum atomic E-state index is -4.93. The highest BCUT2D eigenvalue weighted by Crippen LogP contribution is 2.27. The van der Waals surface area contributed by atoms with Crippen molar-refractivity contribution in [2.75, 3.05) is 0 Å². The van der Waals surface area contributed by atoms with Gasteiger partial charge < -0.3 is 0 Å². The number of nitro benzene ring substituents is 1. The lowest BCUT2D eigenvalue weighted by atomic mass is 10.1. The molecule has 0 aliphatic heterocycles. The Morgan fingerprint density at radius 2 is 1.74 bits per heavy atom. The van der Waals surface area contributed by atoms with Gasteiger partial charge in [0, 0.05) is 12.1 Å². The second kappa shape index (κ2) is 6.66. The van der Waals surface area contributed by atoms with Crippen LogP contribution in [-0.4, -0.2) is 13.3 Å². The van der Waals surface area contributed by atoms with Crippen molar-refractivity contribution < 1.29 is 17.2 Å². The van der Waals surface area contributed by atoms with E-state index in [0.717, 1.165) is 6.07 Å². The molecule has 2 rings (SSSR count). The largest absolute Gasteiger partial charge is 0.333 e. The summed E-state index contributed by atoms with van der Waals surface area (Å²) in [6.07, 6.45) is 3.00. The summed E-state index contributed by atoms with van der Waals surface area (Å²) >= 11 is 11.6. The molecule has 0 N–H and O–H groups in total. The number of rotatable bonds is 4. The van der Waals surface area contributed by atoms with Crippen LogP contribution in [0.4, 0.5) is 9.57 Å². The van der Waals surface area contributed by atoms with Crippen LogP contribution in [0.15, 0.2) is 41.3 Å². The molecule has 0 unspecified atom stereocenters. The number of nitrogens with zero attached hydrogens (tertiary/aromatic N) is 1. The van der Waals surface area contributed by atoms with Gasteiger partial charge >= 0.3 is 10.2 Å². The smallest absolute Gasteiger partial charge is 0.258 e. The van der Waals surface area contributed by atoms with Crippen molar-refractivity contribution >= 4 is 51.3 Å². The SMILES string of the molecule is O=[N+]([O-])c1ccc(/C=C/c2ccc(Cl)c(S(=O)(=O)F)c2)c(Cl)c1. The van der Waals surface area contributed by atoms with Gasteiger partial charge in [0.05, 0.1) is 15.0 Å². The maximum atomic E-state index is 13.1. The highest BCUT2D eigenvalue weighted by molar-refractivity contribution is 7.86. The summed E-state index contributed by atoms with van der Waals surface area (Å²) in [5.41, 5.74) is 0.710. The zero-order valence-corrected chi connectivity index (χ0v) is 13.6. The van der Waals surface area contributed by atoms with Gasteiger partial charge in [0.25, 0.3) is 5.69 Å². The van der Waals surface area contributed by atoms with Gasteiger partial charge in [0.1, 0.15) is 4.90 Å². The summed E-state index contributed by atoms with van der Waals surface area (Å²) in [7, 11) is -4.93. The van der Waals surface area contributed by atoms with Gasteiger partial charge in [-0.2, -0.15) is 8.42 Å². The molecule has 0 fully saturated rings. The Labute approximate surface area is 141 Å². The van der Waals surface area contributed by atoms with Crippen LogP contribution in [0.5, 0.6) is 0 Å². The minimum Gasteiger partial charge on any atom is -0.258 e. The van der Waals surface area contributed by atoms with Crippen LogP contribution < -0.4 is 0 Å². The van der Waals surface area contributed by atoms with Crippen LogP contribution in [0.3, 0.4) is 0 Å². The van der Waals surface area contributed by atoms with Crippen molar-refractivity contribution in [1.82, 2.24) is 0 Å². The first-order chi connectivity index (χ1) is 10.7. The third-order valence-corrected chi connectivity index (χ3v) is 4.50. The lowest BCUT2D eigenvalue weighted by Crippen LogP contribution is -1.93. The van der Waals surface area contributed by atoms with Gasteiger partial charge in [-0.1, -0.05) is 41.4 Å². The standard InChI is InChI=1S/C14H8Cl2FNO4S/c15-12-6-2-9(7-14(12)23(17,21)22)1-3-10-4-5-11(18(19)20)8-13(10)16/h1-8H/b3-1+. The molecule has 23 heavy (non-hydrogen) atoms. The number of non-ortho nitro benzene ring substituents is 1. The summed E-state index contributed by atoms with van der Waals surface area (Å²) in [4.78, 5) is 9.43. The molecule has 5 nitrogen and oxygen atoms in total. The molecular formula is C14H8Cl2FNO4S. The fraction of sp³-hybridized carbons (Fsp3) is 0. The maximum Gasteiger partial charge on any atom is 0.333 e. The van der Waals surface area contributed by atoms with Crippen molar-refractivity contribution in [1.29, 1.82) is 0 Å². The Bertz CT molecular complexity index is 913. The summed E-state index contributed by atoms with van der Waals surface area (Å²) in [5.74, 6) is 0. The molecule has 0 spiro atoms. The highest BCUT2D eigenvalue weighted by Gasteiger charge is 2.16. The van der Waals surface area contributed by atoms with Gasteiger partial charge in [-0.05, 0) is 29.3 Å². The third kappa shape index (κ3) is 4.28.